The van der Waals surface area contributed by atoms with Gasteiger partial charge in [-0.25, -0.2) is 13.2 Å². The Bertz CT molecular complexity index is 459. The molecule has 2 nitrogen and oxygen atoms in total. The molecule has 0 saturated carbocycles. The predicted octanol–water partition coefficient (Wildman–Crippen LogP) is 3.31. The summed E-state index contributed by atoms with van der Waals surface area (Å²) in [5.74, 6) is -3.89. The Morgan fingerprint density at radius 3 is 2.38 bits per heavy atom. The molecule has 0 radical (unpaired) electrons. The molecule has 1 aromatic heterocycles. The fraction of sp³-hybridized carbons (Fsp3) is 0.0909. The molecule has 0 amide bonds. The van der Waals surface area contributed by atoms with Crippen LogP contribution in [0.1, 0.15) is 5.56 Å². The minimum Gasteiger partial charge on any atom is -0.472 e. The third kappa shape index (κ3) is 2.18. The zero-order valence-electron chi connectivity index (χ0n) is 8.14. The Kier molecular flexibility index (Phi) is 2.85. The largest absolute Gasteiger partial charge is 0.472 e. The third-order valence-electron chi connectivity index (χ3n) is 2.06. The highest BCUT2D eigenvalue weighted by Gasteiger charge is 2.10. The maximum Gasteiger partial charge on any atom is 0.194 e. The summed E-state index contributed by atoms with van der Waals surface area (Å²) < 4.78 is 43.1. The number of benzene rings is 1. The average molecular weight is 227 g/mol. The molecular weight excluding hydrogens is 219 g/mol. The van der Waals surface area contributed by atoms with Crippen LogP contribution in [0.25, 0.3) is 0 Å². The minimum atomic E-state index is -1.46. The smallest absolute Gasteiger partial charge is 0.194 e. The van der Waals surface area contributed by atoms with Crippen LogP contribution in [0.5, 0.6) is 0 Å². The maximum atomic E-state index is 12.8. The van der Waals surface area contributed by atoms with Crippen LogP contribution in [0, 0.1) is 17.5 Å². The van der Waals surface area contributed by atoms with Crippen molar-refractivity contribution in [1.82, 2.24) is 0 Å². The fourth-order valence-electron chi connectivity index (χ4n) is 1.25. The van der Waals surface area contributed by atoms with Crippen molar-refractivity contribution >= 4 is 5.69 Å². The van der Waals surface area contributed by atoms with Crippen LogP contribution in [-0.2, 0) is 6.54 Å². The van der Waals surface area contributed by atoms with Gasteiger partial charge in [0.15, 0.2) is 17.5 Å². The van der Waals surface area contributed by atoms with Crippen molar-refractivity contribution in [3.05, 3.63) is 53.7 Å². The molecule has 16 heavy (non-hydrogen) atoms. The molecule has 1 N–H and O–H groups in total. The number of hydrogen-bond donors (Lipinski definition) is 1. The van der Waals surface area contributed by atoms with Gasteiger partial charge in [0, 0.05) is 29.9 Å². The maximum absolute atomic E-state index is 12.8. The second kappa shape index (κ2) is 4.30. The molecule has 0 fully saturated rings. The molecule has 0 atom stereocenters. The summed E-state index contributed by atoms with van der Waals surface area (Å²) in [5.41, 5.74) is 1.00. The van der Waals surface area contributed by atoms with Gasteiger partial charge in [0.1, 0.15) is 0 Å². The molecule has 1 aromatic carbocycles. The van der Waals surface area contributed by atoms with Crippen molar-refractivity contribution in [3.8, 4) is 0 Å². The molecule has 2 rings (SSSR count). The highest BCUT2D eigenvalue weighted by Crippen LogP contribution is 2.18. The lowest BCUT2D eigenvalue weighted by molar-refractivity contribution is 0.447. The predicted molar refractivity (Wildman–Crippen MR) is 52.4 cm³/mol. The van der Waals surface area contributed by atoms with Gasteiger partial charge in [-0.15, -0.1) is 0 Å². The van der Waals surface area contributed by atoms with E-state index < -0.39 is 17.5 Å². The summed E-state index contributed by atoms with van der Waals surface area (Å²) in [6, 6.07) is 3.51. The molecule has 0 spiro atoms. The van der Waals surface area contributed by atoms with Gasteiger partial charge in [-0.05, 0) is 6.07 Å². The van der Waals surface area contributed by atoms with E-state index in [1.165, 1.54) is 12.5 Å². The standard InChI is InChI=1S/C11H8F3NO/c12-9-3-8(4-10(13)11(9)14)15-5-7-1-2-16-6-7/h1-4,6,15H,5H2. The van der Waals surface area contributed by atoms with E-state index in [4.69, 9.17) is 4.42 Å². The van der Waals surface area contributed by atoms with Gasteiger partial charge in [-0.1, -0.05) is 0 Å². The molecule has 0 bridgehead atoms. The fourth-order valence-corrected chi connectivity index (χ4v) is 1.25. The van der Waals surface area contributed by atoms with Gasteiger partial charge >= 0.3 is 0 Å². The van der Waals surface area contributed by atoms with Gasteiger partial charge in [0.25, 0.3) is 0 Å². The van der Waals surface area contributed by atoms with E-state index in [9.17, 15) is 13.2 Å². The first-order valence-corrected chi connectivity index (χ1v) is 4.56. The van der Waals surface area contributed by atoms with Gasteiger partial charge in [-0.3, -0.25) is 0 Å². The molecule has 0 unspecified atom stereocenters. The molecule has 0 aliphatic rings. The molecule has 0 aliphatic carbocycles. The quantitative estimate of drug-likeness (QED) is 0.814. The second-order valence-corrected chi connectivity index (χ2v) is 3.24. The number of hydrogen-bond acceptors (Lipinski definition) is 2. The normalized spacial score (nSPS) is 10.4. The van der Waals surface area contributed by atoms with Crippen molar-refractivity contribution in [2.24, 2.45) is 0 Å². The van der Waals surface area contributed by atoms with Gasteiger partial charge in [0.2, 0.25) is 0 Å². The first-order valence-electron chi connectivity index (χ1n) is 4.56. The molecule has 0 saturated heterocycles. The monoisotopic (exact) mass is 227 g/mol. The van der Waals surface area contributed by atoms with E-state index in [1.807, 2.05) is 0 Å². The van der Waals surface area contributed by atoms with Crippen LogP contribution < -0.4 is 5.32 Å². The molecule has 2 aromatic rings. The van der Waals surface area contributed by atoms with Crippen LogP contribution in [0.3, 0.4) is 0 Å². The van der Waals surface area contributed by atoms with Crippen molar-refractivity contribution in [2.75, 3.05) is 5.32 Å². The topological polar surface area (TPSA) is 25.2 Å². The first kappa shape index (κ1) is 10.6. The van der Waals surface area contributed by atoms with Gasteiger partial charge < -0.3 is 9.73 Å². The molecule has 1 heterocycles. The van der Waals surface area contributed by atoms with E-state index in [2.05, 4.69) is 5.32 Å². The number of rotatable bonds is 3. The van der Waals surface area contributed by atoms with Crippen LogP contribution in [-0.4, -0.2) is 0 Å². The minimum absolute atomic E-state index is 0.178. The van der Waals surface area contributed by atoms with Crippen LogP contribution in [0.15, 0.2) is 35.1 Å². The lowest BCUT2D eigenvalue weighted by Gasteiger charge is -2.05. The second-order valence-electron chi connectivity index (χ2n) is 3.24. The van der Waals surface area contributed by atoms with E-state index >= 15 is 0 Å². The molecular formula is C11H8F3NO. The zero-order valence-corrected chi connectivity index (χ0v) is 8.14. The Morgan fingerprint density at radius 2 is 1.81 bits per heavy atom. The lowest BCUT2D eigenvalue weighted by atomic mass is 10.2. The number of anilines is 1. The Balaban J connectivity index is 2.10. The summed E-state index contributed by atoms with van der Waals surface area (Å²) in [6.07, 6.45) is 2.99. The zero-order chi connectivity index (χ0) is 11.5. The third-order valence-corrected chi connectivity index (χ3v) is 2.06. The van der Waals surface area contributed by atoms with Gasteiger partial charge in [0.05, 0.1) is 12.5 Å². The summed E-state index contributed by atoms with van der Waals surface area (Å²) in [4.78, 5) is 0. The highest BCUT2D eigenvalue weighted by molar-refractivity contribution is 5.44. The number of halogens is 3. The SMILES string of the molecule is Fc1cc(NCc2ccoc2)cc(F)c1F. The lowest BCUT2D eigenvalue weighted by Crippen LogP contribution is -2.01. The van der Waals surface area contributed by atoms with Crippen molar-refractivity contribution in [3.63, 3.8) is 0 Å². The van der Waals surface area contributed by atoms with Gasteiger partial charge in [-0.2, -0.15) is 0 Å². The Labute approximate surface area is 89.7 Å². The van der Waals surface area contributed by atoms with E-state index in [1.54, 1.807) is 6.07 Å². The summed E-state index contributed by atoms with van der Waals surface area (Å²) >= 11 is 0. The number of nitrogens with one attached hydrogen (secondary N) is 1. The summed E-state index contributed by atoms with van der Waals surface area (Å²) in [5, 5.41) is 2.75. The van der Waals surface area contributed by atoms with Crippen molar-refractivity contribution < 1.29 is 17.6 Å². The van der Waals surface area contributed by atoms with Crippen LogP contribution >= 0.6 is 0 Å². The Morgan fingerprint density at radius 1 is 1.12 bits per heavy atom. The van der Waals surface area contributed by atoms with Crippen molar-refractivity contribution in [2.45, 2.75) is 6.54 Å². The summed E-state index contributed by atoms with van der Waals surface area (Å²) in [6.45, 7) is 0.348. The highest BCUT2D eigenvalue weighted by atomic mass is 19.2. The molecule has 5 heteroatoms. The average Bonchev–Trinajstić information content (AvgIpc) is 2.75. The van der Waals surface area contributed by atoms with Crippen molar-refractivity contribution in [1.29, 1.82) is 0 Å². The van der Waals surface area contributed by atoms with E-state index in [-0.39, 0.29) is 5.69 Å². The molecule has 84 valence electrons. The molecule has 0 aliphatic heterocycles. The first-order chi connectivity index (χ1) is 7.66. The van der Waals surface area contributed by atoms with E-state index in [0.29, 0.717) is 6.54 Å². The Hall–Kier alpha value is -1.91. The van der Waals surface area contributed by atoms with Crippen LogP contribution in [0.2, 0.25) is 0 Å². The number of furan rings is 1. The van der Waals surface area contributed by atoms with Crippen LogP contribution in [0.4, 0.5) is 18.9 Å². The van der Waals surface area contributed by atoms with E-state index in [0.717, 1.165) is 17.7 Å². The summed E-state index contributed by atoms with van der Waals surface area (Å²) in [7, 11) is 0.